The van der Waals surface area contributed by atoms with Gasteiger partial charge >= 0.3 is 6.09 Å². The molecule has 1 aromatic carbocycles. The number of benzene rings is 1. The van der Waals surface area contributed by atoms with Crippen LogP contribution in [0.5, 0.6) is 5.75 Å². The Morgan fingerprint density at radius 2 is 2.06 bits per heavy atom. The number of aryl methyl sites for hydroxylation is 1. The van der Waals surface area contributed by atoms with Crippen LogP contribution >= 0.6 is 0 Å². The summed E-state index contributed by atoms with van der Waals surface area (Å²) in [5, 5.41) is 8.91. The van der Waals surface area contributed by atoms with Gasteiger partial charge in [0.2, 0.25) is 0 Å². The van der Waals surface area contributed by atoms with Crippen molar-refractivity contribution in [2.45, 2.75) is 33.2 Å². The van der Waals surface area contributed by atoms with Gasteiger partial charge in [-0.05, 0) is 41.7 Å². The normalized spacial score (nSPS) is 10.6. The van der Waals surface area contributed by atoms with Crippen LogP contribution in [-0.2, 0) is 6.54 Å². The van der Waals surface area contributed by atoms with E-state index in [9.17, 15) is 4.79 Å². The first-order valence-corrected chi connectivity index (χ1v) is 5.98. The highest BCUT2D eigenvalue weighted by atomic mass is 16.5. The lowest BCUT2D eigenvalue weighted by Crippen LogP contribution is -2.24. The van der Waals surface area contributed by atoms with Crippen LogP contribution in [0.25, 0.3) is 0 Å². The molecule has 4 nitrogen and oxygen atoms in total. The molecule has 0 radical (unpaired) electrons. The minimum atomic E-state index is -0.920. The zero-order valence-electron chi connectivity index (χ0n) is 11.7. The first-order chi connectivity index (χ1) is 8.36. The molecular weight excluding hydrogens is 230 g/mol. The van der Waals surface area contributed by atoms with Crippen molar-refractivity contribution < 1.29 is 14.6 Å². The predicted molar refractivity (Wildman–Crippen MR) is 71.3 cm³/mol. The number of carboxylic acid groups (broad SMARTS) is 1. The summed E-state index contributed by atoms with van der Waals surface area (Å²) >= 11 is 0. The van der Waals surface area contributed by atoms with E-state index < -0.39 is 6.09 Å². The van der Waals surface area contributed by atoms with E-state index in [1.54, 1.807) is 14.2 Å². The Labute approximate surface area is 108 Å². The molecule has 4 heteroatoms. The van der Waals surface area contributed by atoms with Crippen molar-refractivity contribution in [1.82, 2.24) is 4.90 Å². The fourth-order valence-corrected chi connectivity index (χ4v) is 1.87. The van der Waals surface area contributed by atoms with Crippen molar-refractivity contribution in [2.24, 2.45) is 0 Å². The molecule has 0 aliphatic rings. The number of carbonyl (C=O) groups is 1. The number of nitrogens with zero attached hydrogens (tertiary/aromatic N) is 1. The highest BCUT2D eigenvalue weighted by Crippen LogP contribution is 2.30. The van der Waals surface area contributed by atoms with Gasteiger partial charge in [0.25, 0.3) is 0 Å². The van der Waals surface area contributed by atoms with Gasteiger partial charge in [-0.1, -0.05) is 13.8 Å². The minimum absolute atomic E-state index is 0.342. The van der Waals surface area contributed by atoms with Crippen LogP contribution in [0.2, 0.25) is 0 Å². The number of hydrogen-bond acceptors (Lipinski definition) is 2. The molecule has 0 aliphatic carbocycles. The SMILES string of the molecule is COc1cc(C)c(CN(C)C(=O)O)cc1C(C)C. The van der Waals surface area contributed by atoms with Crippen LogP contribution < -0.4 is 4.74 Å². The first-order valence-electron chi connectivity index (χ1n) is 5.98. The van der Waals surface area contributed by atoms with Crippen molar-refractivity contribution in [3.63, 3.8) is 0 Å². The zero-order valence-corrected chi connectivity index (χ0v) is 11.7. The number of rotatable bonds is 4. The van der Waals surface area contributed by atoms with Crippen LogP contribution in [0.15, 0.2) is 12.1 Å². The van der Waals surface area contributed by atoms with E-state index in [2.05, 4.69) is 13.8 Å². The highest BCUT2D eigenvalue weighted by molar-refractivity contribution is 5.64. The van der Waals surface area contributed by atoms with Crippen LogP contribution in [0.4, 0.5) is 4.79 Å². The van der Waals surface area contributed by atoms with Crippen LogP contribution in [-0.4, -0.2) is 30.3 Å². The van der Waals surface area contributed by atoms with Crippen molar-refractivity contribution in [3.05, 3.63) is 28.8 Å². The first kappa shape index (κ1) is 14.4. The second-order valence-electron chi connectivity index (χ2n) is 4.81. The second-order valence-corrected chi connectivity index (χ2v) is 4.81. The van der Waals surface area contributed by atoms with Crippen molar-refractivity contribution in [2.75, 3.05) is 14.2 Å². The number of methoxy groups -OCH3 is 1. The number of hydrogen-bond donors (Lipinski definition) is 1. The molecule has 1 N–H and O–H groups in total. The highest BCUT2D eigenvalue weighted by Gasteiger charge is 2.13. The maximum Gasteiger partial charge on any atom is 0.407 e. The minimum Gasteiger partial charge on any atom is -0.496 e. The van der Waals surface area contributed by atoms with Gasteiger partial charge in [-0.2, -0.15) is 0 Å². The molecule has 18 heavy (non-hydrogen) atoms. The lowest BCUT2D eigenvalue weighted by atomic mass is 9.96. The molecule has 1 amide bonds. The van der Waals surface area contributed by atoms with Gasteiger partial charge in [-0.15, -0.1) is 0 Å². The van der Waals surface area contributed by atoms with Crippen LogP contribution in [0.3, 0.4) is 0 Å². The topological polar surface area (TPSA) is 49.8 Å². The predicted octanol–water partition coefficient (Wildman–Crippen LogP) is 3.24. The third-order valence-corrected chi connectivity index (χ3v) is 3.04. The quantitative estimate of drug-likeness (QED) is 0.893. The molecule has 0 aliphatic heterocycles. The van der Waals surface area contributed by atoms with Gasteiger partial charge in [0.15, 0.2) is 0 Å². The smallest absolute Gasteiger partial charge is 0.407 e. The Morgan fingerprint density at radius 1 is 1.44 bits per heavy atom. The van der Waals surface area contributed by atoms with Crippen molar-refractivity contribution in [1.29, 1.82) is 0 Å². The summed E-state index contributed by atoms with van der Waals surface area (Å²) in [5.74, 6) is 1.21. The van der Waals surface area contributed by atoms with Crippen LogP contribution in [0.1, 0.15) is 36.5 Å². The van der Waals surface area contributed by atoms with Gasteiger partial charge in [0, 0.05) is 13.6 Å². The van der Waals surface area contributed by atoms with Crippen molar-refractivity contribution in [3.8, 4) is 5.75 Å². The molecular formula is C14H21NO3. The molecule has 100 valence electrons. The van der Waals surface area contributed by atoms with E-state index in [4.69, 9.17) is 9.84 Å². The average molecular weight is 251 g/mol. The largest absolute Gasteiger partial charge is 0.496 e. The maximum atomic E-state index is 10.9. The summed E-state index contributed by atoms with van der Waals surface area (Å²) in [6.07, 6.45) is -0.920. The Balaban J connectivity index is 3.13. The fraction of sp³-hybridized carbons (Fsp3) is 0.500. The van der Waals surface area contributed by atoms with Gasteiger partial charge in [0.1, 0.15) is 5.75 Å². The van der Waals surface area contributed by atoms with Gasteiger partial charge in [0.05, 0.1) is 7.11 Å². The van der Waals surface area contributed by atoms with E-state index in [-0.39, 0.29) is 0 Å². The van der Waals surface area contributed by atoms with E-state index in [0.717, 1.165) is 22.4 Å². The molecule has 0 saturated carbocycles. The molecule has 1 aromatic rings. The lowest BCUT2D eigenvalue weighted by Gasteiger charge is -2.19. The second kappa shape index (κ2) is 5.76. The Hall–Kier alpha value is -1.71. The Kier molecular flexibility index (Phi) is 4.59. The van der Waals surface area contributed by atoms with E-state index in [1.165, 1.54) is 4.90 Å². The van der Waals surface area contributed by atoms with Gasteiger partial charge < -0.3 is 14.7 Å². The molecule has 0 bridgehead atoms. The number of ether oxygens (including phenoxy) is 1. The standard InChI is InChI=1S/C14H21NO3/c1-9(2)12-7-11(8-15(4)14(16)17)10(3)6-13(12)18-5/h6-7,9H,8H2,1-5H3,(H,16,17). The van der Waals surface area contributed by atoms with Gasteiger partial charge in [-0.25, -0.2) is 4.79 Å². The molecule has 0 unspecified atom stereocenters. The fourth-order valence-electron chi connectivity index (χ4n) is 1.87. The summed E-state index contributed by atoms with van der Waals surface area (Å²) in [6, 6.07) is 4.01. The number of amides is 1. The summed E-state index contributed by atoms with van der Waals surface area (Å²) in [4.78, 5) is 12.1. The third kappa shape index (κ3) is 3.15. The van der Waals surface area contributed by atoms with Crippen LogP contribution in [0, 0.1) is 6.92 Å². The molecule has 0 aromatic heterocycles. The summed E-state index contributed by atoms with van der Waals surface area (Å²) in [6.45, 7) is 6.55. The molecule has 0 atom stereocenters. The van der Waals surface area contributed by atoms with Gasteiger partial charge in [-0.3, -0.25) is 0 Å². The summed E-state index contributed by atoms with van der Waals surface area (Å²) < 4.78 is 5.36. The Morgan fingerprint density at radius 3 is 2.50 bits per heavy atom. The average Bonchev–Trinajstić information content (AvgIpc) is 2.30. The maximum absolute atomic E-state index is 10.9. The molecule has 0 heterocycles. The Bertz CT molecular complexity index is 441. The molecule has 0 spiro atoms. The van der Waals surface area contributed by atoms with E-state index in [0.29, 0.717) is 12.5 Å². The third-order valence-electron chi connectivity index (χ3n) is 3.04. The summed E-state index contributed by atoms with van der Waals surface area (Å²) in [5.41, 5.74) is 3.17. The zero-order chi connectivity index (χ0) is 13.9. The van der Waals surface area contributed by atoms with E-state index in [1.807, 2.05) is 19.1 Å². The van der Waals surface area contributed by atoms with E-state index >= 15 is 0 Å². The molecule has 0 fully saturated rings. The monoisotopic (exact) mass is 251 g/mol. The molecule has 0 saturated heterocycles. The molecule has 1 rings (SSSR count). The van der Waals surface area contributed by atoms with Crippen molar-refractivity contribution >= 4 is 6.09 Å². The lowest BCUT2D eigenvalue weighted by molar-refractivity contribution is 0.153. The summed E-state index contributed by atoms with van der Waals surface area (Å²) in [7, 11) is 3.23.